The van der Waals surface area contributed by atoms with Crippen molar-refractivity contribution in [2.75, 3.05) is 20.0 Å². The zero-order chi connectivity index (χ0) is 12.8. The topological polar surface area (TPSA) is 61.5 Å². The number of benzene rings is 1. The summed E-state index contributed by atoms with van der Waals surface area (Å²) in [6.07, 6.45) is 2.35. The Morgan fingerprint density at radius 1 is 1.41 bits per heavy atom. The SMILES string of the molecule is CCC(=Cc1ccc(N)cc1OC)C(=O)OC. The summed E-state index contributed by atoms with van der Waals surface area (Å²) in [5.74, 6) is 0.311. The smallest absolute Gasteiger partial charge is 0.333 e. The lowest BCUT2D eigenvalue weighted by atomic mass is 10.1. The van der Waals surface area contributed by atoms with Crippen molar-refractivity contribution in [2.24, 2.45) is 0 Å². The Labute approximate surface area is 101 Å². The van der Waals surface area contributed by atoms with Crippen molar-refractivity contribution < 1.29 is 14.3 Å². The van der Waals surface area contributed by atoms with E-state index in [-0.39, 0.29) is 5.97 Å². The fourth-order valence-electron chi connectivity index (χ4n) is 1.47. The van der Waals surface area contributed by atoms with Gasteiger partial charge in [0.1, 0.15) is 5.75 Å². The fourth-order valence-corrected chi connectivity index (χ4v) is 1.47. The Balaban J connectivity index is 3.15. The van der Waals surface area contributed by atoms with Gasteiger partial charge >= 0.3 is 5.97 Å². The number of rotatable bonds is 4. The maximum atomic E-state index is 11.5. The summed E-state index contributed by atoms with van der Waals surface area (Å²) in [7, 11) is 2.93. The van der Waals surface area contributed by atoms with Gasteiger partial charge in [0.25, 0.3) is 0 Å². The first-order chi connectivity index (χ1) is 8.12. The van der Waals surface area contributed by atoms with E-state index in [4.69, 9.17) is 15.2 Å². The van der Waals surface area contributed by atoms with Gasteiger partial charge in [0.05, 0.1) is 14.2 Å². The first-order valence-electron chi connectivity index (χ1n) is 5.34. The third-order valence-electron chi connectivity index (χ3n) is 2.42. The molecule has 0 heterocycles. The third-order valence-corrected chi connectivity index (χ3v) is 2.42. The number of hydrogen-bond donors (Lipinski definition) is 1. The van der Waals surface area contributed by atoms with Crippen LogP contribution in [0.2, 0.25) is 0 Å². The molecule has 0 aliphatic heterocycles. The molecular weight excluding hydrogens is 218 g/mol. The molecule has 0 saturated carbocycles. The minimum absolute atomic E-state index is 0.327. The number of anilines is 1. The Kier molecular flexibility index (Phi) is 4.57. The molecule has 17 heavy (non-hydrogen) atoms. The molecule has 0 spiro atoms. The molecule has 0 aromatic heterocycles. The number of nitrogen functional groups attached to an aromatic ring is 1. The highest BCUT2D eigenvalue weighted by molar-refractivity contribution is 5.94. The summed E-state index contributed by atoms with van der Waals surface area (Å²) in [5.41, 5.74) is 7.68. The highest BCUT2D eigenvalue weighted by atomic mass is 16.5. The molecule has 92 valence electrons. The van der Waals surface area contributed by atoms with Crippen LogP contribution in [0.1, 0.15) is 18.9 Å². The van der Waals surface area contributed by atoms with E-state index in [0.717, 1.165) is 5.56 Å². The highest BCUT2D eigenvalue weighted by Crippen LogP contribution is 2.24. The van der Waals surface area contributed by atoms with E-state index in [1.54, 1.807) is 25.3 Å². The van der Waals surface area contributed by atoms with Crippen molar-refractivity contribution >= 4 is 17.7 Å². The van der Waals surface area contributed by atoms with Gasteiger partial charge in [-0.1, -0.05) is 6.92 Å². The van der Waals surface area contributed by atoms with Crippen LogP contribution in [0.4, 0.5) is 5.69 Å². The number of carbonyl (C=O) groups excluding carboxylic acids is 1. The quantitative estimate of drug-likeness (QED) is 0.494. The van der Waals surface area contributed by atoms with Gasteiger partial charge in [0.2, 0.25) is 0 Å². The van der Waals surface area contributed by atoms with Gasteiger partial charge in [-0.25, -0.2) is 4.79 Å². The standard InChI is InChI=1S/C13H17NO3/c1-4-9(13(15)17-3)7-10-5-6-11(14)8-12(10)16-2/h5-8H,4,14H2,1-3H3. The molecule has 0 aliphatic rings. The molecule has 0 bridgehead atoms. The third kappa shape index (κ3) is 3.24. The Hall–Kier alpha value is -1.97. The maximum absolute atomic E-state index is 11.5. The molecule has 1 aromatic carbocycles. The number of ether oxygens (including phenoxy) is 2. The molecular formula is C13H17NO3. The van der Waals surface area contributed by atoms with Crippen LogP contribution in [-0.4, -0.2) is 20.2 Å². The van der Waals surface area contributed by atoms with Gasteiger partial charge in [-0.05, 0) is 24.6 Å². The largest absolute Gasteiger partial charge is 0.496 e. The molecule has 0 fully saturated rings. The maximum Gasteiger partial charge on any atom is 0.333 e. The molecule has 4 nitrogen and oxygen atoms in total. The molecule has 1 rings (SSSR count). The zero-order valence-corrected chi connectivity index (χ0v) is 10.3. The minimum Gasteiger partial charge on any atom is -0.496 e. The summed E-state index contributed by atoms with van der Waals surface area (Å²) in [6.45, 7) is 1.90. The summed E-state index contributed by atoms with van der Waals surface area (Å²) < 4.78 is 9.91. The molecule has 4 heteroatoms. The van der Waals surface area contributed by atoms with E-state index >= 15 is 0 Å². The van der Waals surface area contributed by atoms with E-state index in [9.17, 15) is 4.79 Å². The second-order valence-electron chi connectivity index (χ2n) is 3.52. The molecule has 0 atom stereocenters. The summed E-state index contributed by atoms with van der Waals surface area (Å²) in [6, 6.07) is 5.29. The van der Waals surface area contributed by atoms with Crippen LogP contribution in [0, 0.1) is 0 Å². The van der Waals surface area contributed by atoms with E-state index in [2.05, 4.69) is 0 Å². The van der Waals surface area contributed by atoms with Crippen molar-refractivity contribution in [2.45, 2.75) is 13.3 Å². The average Bonchev–Trinajstić information content (AvgIpc) is 2.36. The van der Waals surface area contributed by atoms with Gasteiger partial charge in [-0.3, -0.25) is 0 Å². The van der Waals surface area contributed by atoms with E-state index in [1.807, 2.05) is 13.0 Å². The van der Waals surface area contributed by atoms with Crippen molar-refractivity contribution in [1.29, 1.82) is 0 Å². The number of nitrogens with two attached hydrogens (primary N) is 1. The minimum atomic E-state index is -0.327. The Morgan fingerprint density at radius 3 is 2.65 bits per heavy atom. The van der Waals surface area contributed by atoms with E-state index in [1.165, 1.54) is 7.11 Å². The van der Waals surface area contributed by atoms with Gasteiger partial charge in [-0.15, -0.1) is 0 Å². The number of carbonyl (C=O) groups is 1. The van der Waals surface area contributed by atoms with Crippen LogP contribution in [0.25, 0.3) is 6.08 Å². The molecule has 0 unspecified atom stereocenters. The van der Waals surface area contributed by atoms with Crippen molar-refractivity contribution in [3.05, 3.63) is 29.3 Å². The first kappa shape index (κ1) is 13.1. The van der Waals surface area contributed by atoms with Crippen LogP contribution in [0.15, 0.2) is 23.8 Å². The van der Waals surface area contributed by atoms with Gasteiger partial charge in [-0.2, -0.15) is 0 Å². The monoisotopic (exact) mass is 235 g/mol. The molecule has 1 aromatic rings. The van der Waals surface area contributed by atoms with Gasteiger partial charge < -0.3 is 15.2 Å². The molecule has 0 amide bonds. The van der Waals surface area contributed by atoms with Gasteiger partial charge in [0.15, 0.2) is 0 Å². The highest BCUT2D eigenvalue weighted by Gasteiger charge is 2.09. The number of esters is 1. The predicted molar refractivity (Wildman–Crippen MR) is 67.7 cm³/mol. The lowest BCUT2D eigenvalue weighted by Crippen LogP contribution is -2.03. The van der Waals surface area contributed by atoms with Gasteiger partial charge in [0, 0.05) is 22.9 Å². The molecule has 0 saturated heterocycles. The second-order valence-corrected chi connectivity index (χ2v) is 3.52. The van der Waals surface area contributed by atoms with Crippen LogP contribution in [-0.2, 0) is 9.53 Å². The van der Waals surface area contributed by atoms with Crippen molar-refractivity contribution in [1.82, 2.24) is 0 Å². The number of methoxy groups -OCH3 is 2. The zero-order valence-electron chi connectivity index (χ0n) is 10.3. The van der Waals surface area contributed by atoms with Crippen LogP contribution in [0.5, 0.6) is 5.75 Å². The lowest BCUT2D eigenvalue weighted by molar-refractivity contribution is -0.136. The van der Waals surface area contributed by atoms with Crippen LogP contribution in [0.3, 0.4) is 0 Å². The molecule has 0 aliphatic carbocycles. The Bertz CT molecular complexity index is 438. The lowest BCUT2D eigenvalue weighted by Gasteiger charge is -2.07. The average molecular weight is 235 g/mol. The van der Waals surface area contributed by atoms with Crippen LogP contribution < -0.4 is 10.5 Å². The summed E-state index contributed by atoms with van der Waals surface area (Å²) in [4.78, 5) is 11.5. The summed E-state index contributed by atoms with van der Waals surface area (Å²) in [5, 5.41) is 0. The van der Waals surface area contributed by atoms with Crippen molar-refractivity contribution in [3.8, 4) is 5.75 Å². The second kappa shape index (κ2) is 5.94. The normalized spacial score (nSPS) is 11.1. The predicted octanol–water partition coefficient (Wildman–Crippen LogP) is 2.24. The van der Waals surface area contributed by atoms with E-state index in [0.29, 0.717) is 23.4 Å². The Morgan fingerprint density at radius 2 is 2.12 bits per heavy atom. The fraction of sp³-hybridized carbons (Fsp3) is 0.308. The summed E-state index contributed by atoms with van der Waals surface area (Å²) >= 11 is 0. The van der Waals surface area contributed by atoms with Crippen LogP contribution >= 0.6 is 0 Å². The van der Waals surface area contributed by atoms with E-state index < -0.39 is 0 Å². The first-order valence-corrected chi connectivity index (χ1v) is 5.34. The molecule has 2 N–H and O–H groups in total. The molecule has 0 radical (unpaired) electrons. The van der Waals surface area contributed by atoms with Crippen molar-refractivity contribution in [3.63, 3.8) is 0 Å². The number of hydrogen-bond acceptors (Lipinski definition) is 4.